The fourth-order valence-electron chi connectivity index (χ4n) is 3.26. The number of fused-ring (bicyclic) bond motifs is 2. The van der Waals surface area contributed by atoms with E-state index in [1.54, 1.807) is 0 Å². The highest BCUT2D eigenvalue weighted by Crippen LogP contribution is 2.42. The molecule has 2 nitrogen and oxygen atoms in total. The van der Waals surface area contributed by atoms with Gasteiger partial charge in [0.05, 0.1) is 0 Å². The van der Waals surface area contributed by atoms with Crippen molar-refractivity contribution < 1.29 is 4.79 Å². The smallest absolute Gasteiger partial charge is 0.251 e. The van der Waals surface area contributed by atoms with Crippen LogP contribution in [0.2, 0.25) is 0 Å². The molecule has 1 heterocycles. The van der Waals surface area contributed by atoms with E-state index < -0.39 is 0 Å². The topological polar surface area (TPSA) is 29.1 Å². The molecular formula is C14H17NO. The number of rotatable bonds is 0. The number of hydrogen-bond acceptors (Lipinski definition) is 1. The van der Waals surface area contributed by atoms with Crippen LogP contribution in [0.1, 0.15) is 48.0 Å². The Hall–Kier alpha value is -1.31. The first-order valence-corrected chi connectivity index (χ1v) is 6.20. The maximum Gasteiger partial charge on any atom is 0.251 e. The second kappa shape index (κ2) is 3.62. The van der Waals surface area contributed by atoms with Crippen molar-refractivity contribution in [2.24, 2.45) is 0 Å². The molecule has 1 amide bonds. The first-order valence-electron chi connectivity index (χ1n) is 6.20. The van der Waals surface area contributed by atoms with E-state index in [1.165, 1.54) is 37.7 Å². The third-order valence-corrected chi connectivity index (χ3v) is 4.14. The van der Waals surface area contributed by atoms with E-state index in [0.717, 1.165) is 12.1 Å². The molecule has 2 aliphatic rings. The second-order valence-corrected chi connectivity index (χ2v) is 5.07. The van der Waals surface area contributed by atoms with Crippen molar-refractivity contribution in [1.29, 1.82) is 0 Å². The molecule has 0 saturated heterocycles. The average molecular weight is 215 g/mol. The number of carbonyl (C=O) groups excluding carboxylic acids is 1. The van der Waals surface area contributed by atoms with Crippen LogP contribution in [-0.4, -0.2) is 12.5 Å². The zero-order chi connectivity index (χ0) is 11.0. The lowest BCUT2D eigenvalue weighted by atomic mass is 9.66. The summed E-state index contributed by atoms with van der Waals surface area (Å²) in [7, 11) is 0. The fraction of sp³-hybridized carbons (Fsp3) is 0.500. The average Bonchev–Trinajstić information content (AvgIpc) is 2.36. The Labute approximate surface area is 96.1 Å². The highest BCUT2D eigenvalue weighted by molar-refractivity contribution is 5.97. The molecule has 1 aliphatic carbocycles. The van der Waals surface area contributed by atoms with Crippen molar-refractivity contribution in [3.8, 4) is 0 Å². The SMILES string of the molecule is O=C1NCC2(CCCCC2)c2ccccc21. The van der Waals surface area contributed by atoms with Gasteiger partial charge in [-0.05, 0) is 24.5 Å². The lowest BCUT2D eigenvalue weighted by Gasteiger charge is -2.41. The van der Waals surface area contributed by atoms with E-state index >= 15 is 0 Å². The van der Waals surface area contributed by atoms with Crippen LogP contribution < -0.4 is 5.32 Å². The Morgan fingerprint density at radius 1 is 1.06 bits per heavy atom. The summed E-state index contributed by atoms with van der Waals surface area (Å²) in [5.41, 5.74) is 2.43. The second-order valence-electron chi connectivity index (χ2n) is 5.07. The monoisotopic (exact) mass is 215 g/mol. The van der Waals surface area contributed by atoms with E-state index in [-0.39, 0.29) is 11.3 Å². The predicted molar refractivity (Wildman–Crippen MR) is 63.5 cm³/mol. The molecule has 16 heavy (non-hydrogen) atoms. The van der Waals surface area contributed by atoms with Crippen molar-refractivity contribution in [2.45, 2.75) is 37.5 Å². The molecule has 0 atom stereocenters. The maximum atomic E-state index is 11.8. The zero-order valence-corrected chi connectivity index (χ0v) is 9.46. The zero-order valence-electron chi connectivity index (χ0n) is 9.46. The lowest BCUT2D eigenvalue weighted by molar-refractivity contribution is 0.0912. The minimum absolute atomic E-state index is 0.104. The summed E-state index contributed by atoms with van der Waals surface area (Å²) in [6, 6.07) is 8.13. The summed E-state index contributed by atoms with van der Waals surface area (Å²) >= 11 is 0. The fourth-order valence-corrected chi connectivity index (χ4v) is 3.26. The van der Waals surface area contributed by atoms with E-state index in [9.17, 15) is 4.79 Å². The van der Waals surface area contributed by atoms with E-state index in [0.29, 0.717) is 0 Å². The number of benzene rings is 1. The van der Waals surface area contributed by atoms with Crippen LogP contribution in [0.5, 0.6) is 0 Å². The summed E-state index contributed by atoms with van der Waals surface area (Å²) in [4.78, 5) is 11.8. The highest BCUT2D eigenvalue weighted by Gasteiger charge is 2.39. The van der Waals surface area contributed by atoms with Gasteiger partial charge in [0.25, 0.3) is 5.91 Å². The van der Waals surface area contributed by atoms with Crippen LogP contribution in [0.25, 0.3) is 0 Å². The number of amides is 1. The van der Waals surface area contributed by atoms with Crippen molar-refractivity contribution in [3.05, 3.63) is 35.4 Å². The first kappa shape index (κ1) is 9.88. The van der Waals surface area contributed by atoms with Gasteiger partial charge in [-0.1, -0.05) is 37.5 Å². The van der Waals surface area contributed by atoms with Crippen LogP contribution in [0.15, 0.2) is 24.3 Å². The van der Waals surface area contributed by atoms with Crippen LogP contribution in [-0.2, 0) is 5.41 Å². The minimum atomic E-state index is 0.104. The normalized spacial score (nSPS) is 22.6. The van der Waals surface area contributed by atoms with Crippen LogP contribution in [0, 0.1) is 0 Å². The number of nitrogens with one attached hydrogen (secondary N) is 1. The lowest BCUT2D eigenvalue weighted by Crippen LogP contribution is -2.47. The molecule has 0 aromatic heterocycles. The molecule has 1 aromatic carbocycles. The quantitative estimate of drug-likeness (QED) is 0.708. The van der Waals surface area contributed by atoms with Crippen LogP contribution in [0.4, 0.5) is 0 Å². The van der Waals surface area contributed by atoms with Crippen molar-refractivity contribution in [2.75, 3.05) is 6.54 Å². The maximum absolute atomic E-state index is 11.8. The van der Waals surface area contributed by atoms with Crippen molar-refractivity contribution >= 4 is 5.91 Å². The van der Waals surface area contributed by atoms with Gasteiger partial charge in [-0.2, -0.15) is 0 Å². The molecule has 1 spiro atoms. The van der Waals surface area contributed by atoms with Gasteiger partial charge in [-0.15, -0.1) is 0 Å². The van der Waals surface area contributed by atoms with Gasteiger partial charge in [0.15, 0.2) is 0 Å². The van der Waals surface area contributed by atoms with Gasteiger partial charge in [0.1, 0.15) is 0 Å². The van der Waals surface area contributed by atoms with Gasteiger partial charge in [0, 0.05) is 17.5 Å². The van der Waals surface area contributed by atoms with E-state index in [4.69, 9.17) is 0 Å². The molecule has 3 rings (SSSR count). The molecule has 1 N–H and O–H groups in total. The van der Waals surface area contributed by atoms with Gasteiger partial charge in [-0.3, -0.25) is 4.79 Å². The van der Waals surface area contributed by atoms with Gasteiger partial charge in [-0.25, -0.2) is 0 Å². The molecule has 1 aliphatic heterocycles. The molecule has 0 bridgehead atoms. The molecule has 0 radical (unpaired) electrons. The Bertz CT molecular complexity index is 418. The van der Waals surface area contributed by atoms with E-state index in [1.807, 2.05) is 12.1 Å². The Balaban J connectivity index is 2.09. The summed E-state index contributed by atoms with van der Waals surface area (Å²) < 4.78 is 0. The minimum Gasteiger partial charge on any atom is -0.351 e. The Morgan fingerprint density at radius 3 is 2.62 bits per heavy atom. The third kappa shape index (κ3) is 1.36. The van der Waals surface area contributed by atoms with Crippen molar-refractivity contribution in [3.63, 3.8) is 0 Å². The summed E-state index contributed by atoms with van der Waals surface area (Å²) in [5, 5.41) is 3.06. The predicted octanol–water partition coefficient (Wildman–Crippen LogP) is 2.63. The molecular weight excluding hydrogens is 198 g/mol. The summed E-state index contributed by atoms with van der Waals surface area (Å²) in [5.74, 6) is 0.104. The van der Waals surface area contributed by atoms with Gasteiger partial charge >= 0.3 is 0 Å². The Morgan fingerprint density at radius 2 is 1.81 bits per heavy atom. The summed E-state index contributed by atoms with van der Waals surface area (Å²) in [6.07, 6.45) is 6.39. The molecule has 1 aromatic rings. The Kier molecular flexibility index (Phi) is 2.23. The van der Waals surface area contributed by atoms with Crippen molar-refractivity contribution in [1.82, 2.24) is 5.32 Å². The third-order valence-electron chi connectivity index (χ3n) is 4.14. The molecule has 1 saturated carbocycles. The molecule has 84 valence electrons. The van der Waals surface area contributed by atoms with Crippen LogP contribution >= 0.6 is 0 Å². The molecule has 0 unspecified atom stereocenters. The van der Waals surface area contributed by atoms with Gasteiger partial charge in [0.2, 0.25) is 0 Å². The standard InChI is InChI=1S/C14H17NO/c16-13-11-6-2-3-7-12(11)14(10-15-13)8-4-1-5-9-14/h2-3,6-7H,1,4-5,8-10H2,(H,15,16). The number of carbonyl (C=O) groups is 1. The largest absolute Gasteiger partial charge is 0.351 e. The van der Waals surface area contributed by atoms with Crippen LogP contribution in [0.3, 0.4) is 0 Å². The molecule has 2 heteroatoms. The van der Waals surface area contributed by atoms with Gasteiger partial charge < -0.3 is 5.32 Å². The van der Waals surface area contributed by atoms with E-state index in [2.05, 4.69) is 17.4 Å². The highest BCUT2D eigenvalue weighted by atomic mass is 16.1. The first-order chi connectivity index (χ1) is 7.82. The summed E-state index contributed by atoms with van der Waals surface area (Å²) in [6.45, 7) is 0.836. The molecule has 1 fully saturated rings. The number of hydrogen-bond donors (Lipinski definition) is 1.